The van der Waals surface area contributed by atoms with E-state index in [-0.39, 0.29) is 5.91 Å². The molecule has 8 heteroatoms. The zero-order valence-corrected chi connectivity index (χ0v) is 17.4. The summed E-state index contributed by atoms with van der Waals surface area (Å²) in [5.74, 6) is 0.403. The largest absolute Gasteiger partial charge is 0.409 e. The van der Waals surface area contributed by atoms with Crippen LogP contribution in [0.4, 0.5) is 0 Å². The van der Waals surface area contributed by atoms with E-state index in [9.17, 15) is 4.79 Å². The van der Waals surface area contributed by atoms with Gasteiger partial charge in [-0.25, -0.2) is 4.68 Å². The summed E-state index contributed by atoms with van der Waals surface area (Å²) in [4.78, 5) is 14.0. The third-order valence-corrected chi connectivity index (χ3v) is 4.79. The Labute approximate surface area is 170 Å². The van der Waals surface area contributed by atoms with Gasteiger partial charge in [0, 0.05) is 29.2 Å². The van der Waals surface area contributed by atoms with Crippen molar-refractivity contribution in [2.45, 2.75) is 13.2 Å². The minimum absolute atomic E-state index is 0.0933. The Morgan fingerprint density at radius 2 is 1.89 bits per heavy atom. The highest BCUT2D eigenvalue weighted by Gasteiger charge is 2.10. The number of nitrogens with one attached hydrogen (secondary N) is 1. The van der Waals surface area contributed by atoms with Gasteiger partial charge in [0.25, 0.3) is 10.7 Å². The number of amides is 1. The van der Waals surface area contributed by atoms with Gasteiger partial charge in [0.2, 0.25) is 5.89 Å². The average Bonchev–Trinajstić information content (AvgIpc) is 3.02. The first-order chi connectivity index (χ1) is 13.0. The zero-order valence-electron chi connectivity index (χ0n) is 15.0. The van der Waals surface area contributed by atoms with E-state index in [0.29, 0.717) is 29.5 Å². The van der Waals surface area contributed by atoms with Gasteiger partial charge in [-0.15, -0.1) is 5.10 Å². The standard InChI is InChI=1S/C19H19BrN4O2S/c1-21-17(25)14-5-3-13(4-6-14)11-23(2)12-24-19(27)26-18(22-24)15-7-9-16(20)10-8-15/h3-10H,11-12H2,1-2H3,(H,21,25). The van der Waals surface area contributed by atoms with Crippen LogP contribution in [0.5, 0.6) is 0 Å². The molecule has 0 bridgehead atoms. The zero-order chi connectivity index (χ0) is 19.4. The van der Waals surface area contributed by atoms with E-state index in [2.05, 4.69) is 31.2 Å². The van der Waals surface area contributed by atoms with E-state index in [1.54, 1.807) is 11.7 Å². The molecule has 0 fully saturated rings. The molecule has 0 unspecified atom stereocenters. The highest BCUT2D eigenvalue weighted by Crippen LogP contribution is 2.20. The summed E-state index contributed by atoms with van der Waals surface area (Å²) in [7, 11) is 3.59. The first kappa shape index (κ1) is 19.5. The molecule has 3 rings (SSSR count). The van der Waals surface area contributed by atoms with E-state index < -0.39 is 0 Å². The summed E-state index contributed by atoms with van der Waals surface area (Å²) >= 11 is 8.71. The molecular weight excluding hydrogens is 428 g/mol. The second-order valence-corrected chi connectivity index (χ2v) is 7.38. The third kappa shape index (κ3) is 4.91. The summed E-state index contributed by atoms with van der Waals surface area (Å²) in [5, 5.41) is 7.09. The van der Waals surface area contributed by atoms with Crippen molar-refractivity contribution in [1.29, 1.82) is 0 Å². The summed E-state index contributed by atoms with van der Waals surface area (Å²) in [6.45, 7) is 1.19. The lowest BCUT2D eigenvalue weighted by atomic mass is 10.1. The molecular formula is C19H19BrN4O2S. The lowest BCUT2D eigenvalue weighted by molar-refractivity contribution is 0.0963. The molecule has 1 amide bonds. The topological polar surface area (TPSA) is 63.3 Å². The van der Waals surface area contributed by atoms with Crippen LogP contribution in [0.3, 0.4) is 0 Å². The average molecular weight is 447 g/mol. The molecule has 1 aromatic heterocycles. The van der Waals surface area contributed by atoms with Crippen LogP contribution < -0.4 is 5.32 Å². The summed E-state index contributed by atoms with van der Waals surface area (Å²) in [6, 6.07) is 15.2. The number of hydrogen-bond acceptors (Lipinski definition) is 5. The third-order valence-electron chi connectivity index (χ3n) is 3.97. The predicted octanol–water partition coefficient (Wildman–Crippen LogP) is 4.08. The molecule has 0 aliphatic heterocycles. The SMILES string of the molecule is CNC(=O)c1ccc(CN(C)Cn2nc(-c3ccc(Br)cc3)oc2=S)cc1. The number of benzene rings is 2. The van der Waals surface area contributed by atoms with Crippen molar-refractivity contribution in [1.82, 2.24) is 20.0 Å². The molecule has 2 aromatic carbocycles. The van der Waals surface area contributed by atoms with Crippen LogP contribution >= 0.6 is 28.1 Å². The molecule has 140 valence electrons. The molecule has 0 atom stereocenters. The van der Waals surface area contributed by atoms with Crippen molar-refractivity contribution in [3.05, 3.63) is 69.0 Å². The van der Waals surface area contributed by atoms with E-state index in [1.165, 1.54) is 0 Å². The van der Waals surface area contributed by atoms with Gasteiger partial charge in [-0.2, -0.15) is 0 Å². The van der Waals surface area contributed by atoms with Crippen LogP contribution in [-0.4, -0.2) is 34.7 Å². The molecule has 3 aromatic rings. The Morgan fingerprint density at radius 3 is 2.52 bits per heavy atom. The van der Waals surface area contributed by atoms with Gasteiger partial charge in [0.05, 0.1) is 6.67 Å². The Balaban J connectivity index is 1.67. The van der Waals surface area contributed by atoms with Gasteiger partial charge in [0.15, 0.2) is 0 Å². The van der Waals surface area contributed by atoms with Crippen molar-refractivity contribution in [2.24, 2.45) is 0 Å². The van der Waals surface area contributed by atoms with Crippen molar-refractivity contribution in [3.8, 4) is 11.5 Å². The summed E-state index contributed by atoms with van der Waals surface area (Å²) < 4.78 is 8.28. The number of rotatable bonds is 6. The van der Waals surface area contributed by atoms with Crippen molar-refractivity contribution in [2.75, 3.05) is 14.1 Å². The second-order valence-electron chi connectivity index (χ2n) is 6.11. The summed E-state index contributed by atoms with van der Waals surface area (Å²) in [6.07, 6.45) is 0. The number of aromatic nitrogens is 2. The maximum absolute atomic E-state index is 11.6. The van der Waals surface area contributed by atoms with Gasteiger partial charge < -0.3 is 9.73 Å². The normalized spacial score (nSPS) is 11.0. The maximum atomic E-state index is 11.6. The molecule has 0 saturated heterocycles. The smallest absolute Gasteiger partial charge is 0.288 e. The van der Waals surface area contributed by atoms with E-state index in [4.69, 9.17) is 16.6 Å². The number of carbonyl (C=O) groups is 1. The van der Waals surface area contributed by atoms with Crippen LogP contribution in [0.25, 0.3) is 11.5 Å². The fourth-order valence-corrected chi connectivity index (χ4v) is 3.04. The molecule has 27 heavy (non-hydrogen) atoms. The minimum Gasteiger partial charge on any atom is -0.409 e. The maximum Gasteiger partial charge on any atom is 0.288 e. The molecule has 0 spiro atoms. The van der Waals surface area contributed by atoms with E-state index in [1.807, 2.05) is 55.6 Å². The van der Waals surface area contributed by atoms with Gasteiger partial charge >= 0.3 is 0 Å². The monoisotopic (exact) mass is 446 g/mol. The van der Waals surface area contributed by atoms with E-state index >= 15 is 0 Å². The van der Waals surface area contributed by atoms with Crippen LogP contribution in [0, 0.1) is 4.84 Å². The predicted molar refractivity (Wildman–Crippen MR) is 110 cm³/mol. The van der Waals surface area contributed by atoms with Crippen LogP contribution in [0.1, 0.15) is 15.9 Å². The Kier molecular flexibility index (Phi) is 6.20. The molecule has 6 nitrogen and oxygen atoms in total. The first-order valence-electron chi connectivity index (χ1n) is 8.29. The first-order valence-corrected chi connectivity index (χ1v) is 9.50. The van der Waals surface area contributed by atoms with Crippen LogP contribution in [-0.2, 0) is 13.2 Å². The molecule has 0 aliphatic rings. The van der Waals surface area contributed by atoms with E-state index in [0.717, 1.165) is 15.6 Å². The highest BCUT2D eigenvalue weighted by atomic mass is 79.9. The van der Waals surface area contributed by atoms with Gasteiger partial charge in [-0.05, 0) is 61.2 Å². The van der Waals surface area contributed by atoms with Gasteiger partial charge in [-0.1, -0.05) is 28.1 Å². The number of hydrogen-bond donors (Lipinski definition) is 1. The fraction of sp³-hybridized carbons (Fsp3) is 0.211. The molecule has 1 N–H and O–H groups in total. The van der Waals surface area contributed by atoms with Crippen LogP contribution in [0.15, 0.2) is 57.4 Å². The summed E-state index contributed by atoms with van der Waals surface area (Å²) in [5.41, 5.74) is 2.60. The van der Waals surface area contributed by atoms with Crippen molar-refractivity contribution >= 4 is 34.1 Å². The van der Waals surface area contributed by atoms with Gasteiger partial charge in [-0.3, -0.25) is 9.69 Å². The Morgan fingerprint density at radius 1 is 1.22 bits per heavy atom. The molecule has 0 saturated carbocycles. The molecule has 0 aliphatic carbocycles. The quantitative estimate of drug-likeness (QED) is 0.577. The lowest BCUT2D eigenvalue weighted by Crippen LogP contribution is -2.22. The lowest BCUT2D eigenvalue weighted by Gasteiger charge is -2.16. The Hall–Kier alpha value is -2.29. The second kappa shape index (κ2) is 8.60. The Bertz CT molecular complexity index is 980. The minimum atomic E-state index is -0.0933. The van der Waals surface area contributed by atoms with Crippen molar-refractivity contribution in [3.63, 3.8) is 0 Å². The number of halogens is 1. The van der Waals surface area contributed by atoms with Gasteiger partial charge in [0.1, 0.15) is 0 Å². The van der Waals surface area contributed by atoms with Crippen molar-refractivity contribution < 1.29 is 9.21 Å². The number of nitrogens with zero attached hydrogens (tertiary/aromatic N) is 3. The number of carbonyl (C=O) groups excluding carboxylic acids is 1. The van der Waals surface area contributed by atoms with Crippen LogP contribution in [0.2, 0.25) is 0 Å². The molecule has 1 heterocycles. The fourth-order valence-electron chi connectivity index (χ4n) is 2.60. The molecule has 0 radical (unpaired) electrons. The highest BCUT2D eigenvalue weighted by molar-refractivity contribution is 9.10.